The molecule has 0 bridgehead atoms. The average molecular weight is 278 g/mol. The number of ether oxygens (including phenoxy) is 2. The zero-order chi connectivity index (χ0) is 13.5. The Bertz CT molecular complexity index is 514. The SMILES string of the molecule is COCCOc1cccc(NCc2nc(C)cs2)c1. The highest BCUT2D eigenvalue weighted by molar-refractivity contribution is 7.09. The number of thiazole rings is 1. The van der Waals surface area contributed by atoms with Crippen molar-refractivity contribution in [2.75, 3.05) is 25.6 Å². The van der Waals surface area contributed by atoms with E-state index in [1.54, 1.807) is 18.4 Å². The Kier molecular flexibility index (Phi) is 5.18. The fourth-order valence-electron chi connectivity index (χ4n) is 1.60. The summed E-state index contributed by atoms with van der Waals surface area (Å²) >= 11 is 1.67. The number of aromatic nitrogens is 1. The normalized spacial score (nSPS) is 10.4. The van der Waals surface area contributed by atoms with Gasteiger partial charge >= 0.3 is 0 Å². The second-order valence-electron chi connectivity index (χ2n) is 4.11. The highest BCUT2D eigenvalue weighted by Gasteiger charge is 2.00. The Labute approximate surface area is 117 Å². The minimum Gasteiger partial charge on any atom is -0.491 e. The van der Waals surface area contributed by atoms with E-state index in [9.17, 15) is 0 Å². The summed E-state index contributed by atoms with van der Waals surface area (Å²) in [6, 6.07) is 7.91. The summed E-state index contributed by atoms with van der Waals surface area (Å²) in [5.41, 5.74) is 2.10. The number of hydrogen-bond acceptors (Lipinski definition) is 5. The molecule has 0 unspecified atom stereocenters. The van der Waals surface area contributed by atoms with Crippen molar-refractivity contribution >= 4 is 17.0 Å². The molecule has 0 spiro atoms. The summed E-state index contributed by atoms with van der Waals surface area (Å²) in [6.45, 7) is 3.89. The Hall–Kier alpha value is -1.59. The van der Waals surface area contributed by atoms with Crippen LogP contribution in [0.25, 0.3) is 0 Å². The Morgan fingerprint density at radius 1 is 1.32 bits per heavy atom. The average Bonchev–Trinajstić information content (AvgIpc) is 2.83. The van der Waals surface area contributed by atoms with Crippen LogP contribution >= 0.6 is 11.3 Å². The van der Waals surface area contributed by atoms with Crippen LogP contribution in [-0.2, 0) is 11.3 Å². The number of nitrogens with zero attached hydrogens (tertiary/aromatic N) is 1. The molecule has 2 aromatic rings. The minimum absolute atomic E-state index is 0.561. The summed E-state index contributed by atoms with van der Waals surface area (Å²) in [5, 5.41) is 6.48. The molecule has 2 rings (SSSR count). The molecule has 0 aliphatic heterocycles. The molecule has 0 saturated carbocycles. The van der Waals surface area contributed by atoms with Gasteiger partial charge in [-0.05, 0) is 19.1 Å². The summed E-state index contributed by atoms with van der Waals surface area (Å²) in [6.07, 6.45) is 0. The lowest BCUT2D eigenvalue weighted by atomic mass is 10.3. The number of aryl methyl sites for hydroxylation is 1. The van der Waals surface area contributed by atoms with Gasteiger partial charge in [0.05, 0.1) is 13.2 Å². The molecule has 0 radical (unpaired) electrons. The predicted molar refractivity (Wildman–Crippen MR) is 78.0 cm³/mol. The molecule has 0 fully saturated rings. The molecule has 1 aromatic heterocycles. The van der Waals surface area contributed by atoms with Crippen LogP contribution in [0, 0.1) is 6.92 Å². The van der Waals surface area contributed by atoms with Gasteiger partial charge in [-0.15, -0.1) is 11.3 Å². The van der Waals surface area contributed by atoms with Gasteiger partial charge in [-0.25, -0.2) is 4.98 Å². The highest BCUT2D eigenvalue weighted by Crippen LogP contribution is 2.18. The van der Waals surface area contributed by atoms with E-state index in [-0.39, 0.29) is 0 Å². The maximum absolute atomic E-state index is 5.57. The molecule has 1 heterocycles. The third-order valence-electron chi connectivity index (χ3n) is 2.50. The molecule has 5 heteroatoms. The molecule has 1 N–H and O–H groups in total. The zero-order valence-corrected chi connectivity index (χ0v) is 12.0. The van der Waals surface area contributed by atoms with E-state index in [0.29, 0.717) is 13.2 Å². The van der Waals surface area contributed by atoms with Gasteiger partial charge in [0.15, 0.2) is 0 Å². The smallest absolute Gasteiger partial charge is 0.121 e. The summed E-state index contributed by atoms with van der Waals surface area (Å²) in [4.78, 5) is 4.42. The molecular formula is C14H18N2O2S. The van der Waals surface area contributed by atoms with E-state index in [0.717, 1.165) is 28.7 Å². The first-order chi connectivity index (χ1) is 9.28. The number of hydrogen-bond donors (Lipinski definition) is 1. The van der Waals surface area contributed by atoms with Gasteiger partial charge < -0.3 is 14.8 Å². The van der Waals surface area contributed by atoms with Crippen LogP contribution in [0.3, 0.4) is 0 Å². The molecule has 102 valence electrons. The van der Waals surface area contributed by atoms with Crippen LogP contribution in [0.15, 0.2) is 29.6 Å². The standard InChI is InChI=1S/C14H18N2O2S/c1-11-10-19-14(16-11)9-15-12-4-3-5-13(8-12)18-7-6-17-2/h3-5,8,10,15H,6-7,9H2,1-2H3. The topological polar surface area (TPSA) is 43.4 Å². The van der Waals surface area contributed by atoms with E-state index in [4.69, 9.17) is 9.47 Å². The summed E-state index contributed by atoms with van der Waals surface area (Å²) in [5.74, 6) is 0.845. The van der Waals surface area contributed by atoms with Gasteiger partial charge in [0.1, 0.15) is 17.4 Å². The van der Waals surface area contributed by atoms with Crippen molar-refractivity contribution in [2.24, 2.45) is 0 Å². The first kappa shape index (κ1) is 13.8. The lowest BCUT2D eigenvalue weighted by molar-refractivity contribution is 0.146. The molecule has 4 nitrogen and oxygen atoms in total. The largest absolute Gasteiger partial charge is 0.491 e. The van der Waals surface area contributed by atoms with Crippen LogP contribution in [0.2, 0.25) is 0 Å². The molecule has 0 aliphatic rings. The number of anilines is 1. The van der Waals surface area contributed by atoms with Gasteiger partial charge in [-0.2, -0.15) is 0 Å². The second-order valence-corrected chi connectivity index (χ2v) is 5.05. The van der Waals surface area contributed by atoms with Crippen LogP contribution in [-0.4, -0.2) is 25.3 Å². The lowest BCUT2D eigenvalue weighted by Gasteiger charge is -2.08. The lowest BCUT2D eigenvalue weighted by Crippen LogP contribution is -2.05. The van der Waals surface area contributed by atoms with Gasteiger partial charge in [0, 0.05) is 29.9 Å². The molecular weight excluding hydrogens is 260 g/mol. The molecule has 0 amide bonds. The van der Waals surface area contributed by atoms with E-state index in [2.05, 4.69) is 15.7 Å². The quantitative estimate of drug-likeness (QED) is 0.790. The van der Waals surface area contributed by atoms with E-state index >= 15 is 0 Å². The molecule has 0 aliphatic carbocycles. The van der Waals surface area contributed by atoms with Gasteiger partial charge in [-0.3, -0.25) is 0 Å². The van der Waals surface area contributed by atoms with Gasteiger partial charge in [0.25, 0.3) is 0 Å². The highest BCUT2D eigenvalue weighted by atomic mass is 32.1. The number of rotatable bonds is 7. The van der Waals surface area contributed by atoms with Crippen molar-refractivity contribution in [3.63, 3.8) is 0 Å². The van der Waals surface area contributed by atoms with Crippen molar-refractivity contribution in [3.8, 4) is 5.75 Å². The van der Waals surface area contributed by atoms with Crippen LogP contribution < -0.4 is 10.1 Å². The van der Waals surface area contributed by atoms with Crippen LogP contribution in [0.5, 0.6) is 5.75 Å². The molecule has 0 saturated heterocycles. The first-order valence-corrected chi connectivity index (χ1v) is 7.02. The van der Waals surface area contributed by atoms with Crippen molar-refractivity contribution < 1.29 is 9.47 Å². The number of benzene rings is 1. The van der Waals surface area contributed by atoms with Crippen LogP contribution in [0.1, 0.15) is 10.7 Å². The Morgan fingerprint density at radius 2 is 2.21 bits per heavy atom. The second kappa shape index (κ2) is 7.11. The van der Waals surface area contributed by atoms with Crippen LogP contribution in [0.4, 0.5) is 5.69 Å². The third kappa shape index (κ3) is 4.54. The van der Waals surface area contributed by atoms with Crippen molar-refractivity contribution in [3.05, 3.63) is 40.3 Å². The summed E-state index contributed by atoms with van der Waals surface area (Å²) < 4.78 is 10.5. The molecule has 19 heavy (non-hydrogen) atoms. The summed E-state index contributed by atoms with van der Waals surface area (Å²) in [7, 11) is 1.66. The maximum Gasteiger partial charge on any atom is 0.121 e. The number of methoxy groups -OCH3 is 1. The molecule has 0 atom stereocenters. The minimum atomic E-state index is 0.561. The third-order valence-corrected chi connectivity index (χ3v) is 3.47. The Balaban J connectivity index is 1.87. The fraction of sp³-hybridized carbons (Fsp3) is 0.357. The maximum atomic E-state index is 5.57. The first-order valence-electron chi connectivity index (χ1n) is 6.14. The fourth-order valence-corrected chi connectivity index (χ4v) is 2.31. The van der Waals surface area contributed by atoms with E-state index < -0.39 is 0 Å². The van der Waals surface area contributed by atoms with E-state index in [1.807, 2.05) is 31.2 Å². The van der Waals surface area contributed by atoms with Gasteiger partial charge in [0.2, 0.25) is 0 Å². The van der Waals surface area contributed by atoms with Crippen molar-refractivity contribution in [1.29, 1.82) is 0 Å². The Morgan fingerprint density at radius 3 is 2.95 bits per heavy atom. The van der Waals surface area contributed by atoms with Crippen molar-refractivity contribution in [1.82, 2.24) is 4.98 Å². The van der Waals surface area contributed by atoms with E-state index in [1.165, 1.54) is 0 Å². The van der Waals surface area contributed by atoms with Crippen molar-refractivity contribution in [2.45, 2.75) is 13.5 Å². The van der Waals surface area contributed by atoms with Gasteiger partial charge in [-0.1, -0.05) is 6.07 Å². The molecule has 1 aromatic carbocycles. The zero-order valence-electron chi connectivity index (χ0n) is 11.2. The number of nitrogens with one attached hydrogen (secondary N) is 1. The monoisotopic (exact) mass is 278 g/mol. The predicted octanol–water partition coefficient (Wildman–Crippen LogP) is 3.09.